The van der Waals surface area contributed by atoms with Gasteiger partial charge in [-0.15, -0.1) is 0 Å². The van der Waals surface area contributed by atoms with E-state index in [2.05, 4.69) is 4.98 Å². The Hall–Kier alpha value is -1.55. The van der Waals surface area contributed by atoms with Crippen molar-refractivity contribution in [1.82, 2.24) is 4.98 Å². The van der Waals surface area contributed by atoms with Crippen LogP contribution in [0.4, 0.5) is 0 Å². The molecule has 3 N–H and O–H groups in total. The predicted octanol–water partition coefficient (Wildman–Crippen LogP) is 3.09. The van der Waals surface area contributed by atoms with E-state index in [1.807, 2.05) is 18.2 Å². The van der Waals surface area contributed by atoms with Crippen LogP contribution < -0.4 is 11.5 Å². The van der Waals surface area contributed by atoms with Gasteiger partial charge in [0.25, 0.3) is 0 Å². The molecule has 0 saturated heterocycles. The predicted molar refractivity (Wildman–Crippen MR) is 75.0 cm³/mol. The molecule has 1 fully saturated rings. The molecule has 1 aromatic heterocycles. The standard InChI is InChI=1S/C15H20N2O2/c16-14(10-5-3-1-2-4-6-10)11-7-8-12-13(9-11)19-15(18)17-12/h7-10,14H,1-6,16H2,(H,17,18). The molecular formula is C15H20N2O2. The topological polar surface area (TPSA) is 72.0 Å². The van der Waals surface area contributed by atoms with E-state index >= 15 is 0 Å². The number of rotatable bonds is 2. The van der Waals surface area contributed by atoms with Crippen molar-refractivity contribution < 1.29 is 4.42 Å². The first kappa shape index (κ1) is 12.5. The number of fused-ring (bicyclic) bond motifs is 1. The molecule has 4 heteroatoms. The van der Waals surface area contributed by atoms with Crippen molar-refractivity contribution in [3.63, 3.8) is 0 Å². The zero-order valence-corrected chi connectivity index (χ0v) is 11.0. The minimum atomic E-state index is -0.407. The number of oxazole rings is 1. The van der Waals surface area contributed by atoms with Crippen LogP contribution in [-0.2, 0) is 0 Å². The maximum atomic E-state index is 11.2. The van der Waals surface area contributed by atoms with Crippen LogP contribution in [0.2, 0.25) is 0 Å². The molecule has 1 atom stereocenters. The number of aromatic nitrogens is 1. The van der Waals surface area contributed by atoms with E-state index in [0.29, 0.717) is 11.5 Å². The molecule has 0 bridgehead atoms. The summed E-state index contributed by atoms with van der Waals surface area (Å²) in [6.07, 6.45) is 7.62. The Kier molecular flexibility index (Phi) is 3.42. The van der Waals surface area contributed by atoms with Gasteiger partial charge in [-0.25, -0.2) is 4.79 Å². The quantitative estimate of drug-likeness (QED) is 0.815. The molecule has 2 aromatic rings. The van der Waals surface area contributed by atoms with Crippen molar-refractivity contribution >= 4 is 11.1 Å². The van der Waals surface area contributed by atoms with Gasteiger partial charge in [0.2, 0.25) is 0 Å². The highest BCUT2D eigenvalue weighted by molar-refractivity contribution is 5.72. The van der Waals surface area contributed by atoms with Crippen LogP contribution >= 0.6 is 0 Å². The average Bonchev–Trinajstić information content (AvgIpc) is 2.63. The minimum absolute atomic E-state index is 0.0442. The van der Waals surface area contributed by atoms with Crippen molar-refractivity contribution in [2.24, 2.45) is 11.7 Å². The molecule has 3 rings (SSSR count). The third kappa shape index (κ3) is 2.59. The van der Waals surface area contributed by atoms with E-state index in [1.165, 1.54) is 38.5 Å². The number of hydrogen-bond donors (Lipinski definition) is 2. The maximum absolute atomic E-state index is 11.2. The molecule has 1 aromatic carbocycles. The number of nitrogens with two attached hydrogens (primary N) is 1. The number of aromatic amines is 1. The maximum Gasteiger partial charge on any atom is 0.417 e. The summed E-state index contributed by atoms with van der Waals surface area (Å²) < 4.78 is 5.10. The highest BCUT2D eigenvalue weighted by Gasteiger charge is 2.21. The van der Waals surface area contributed by atoms with Crippen LogP contribution in [0.1, 0.15) is 50.1 Å². The second-order valence-corrected chi connectivity index (χ2v) is 5.55. The van der Waals surface area contributed by atoms with Crippen molar-refractivity contribution in [3.05, 3.63) is 34.3 Å². The first-order valence-electron chi connectivity index (χ1n) is 7.12. The van der Waals surface area contributed by atoms with E-state index in [4.69, 9.17) is 10.2 Å². The van der Waals surface area contributed by atoms with Gasteiger partial charge >= 0.3 is 5.76 Å². The number of H-pyrrole nitrogens is 1. The summed E-state index contributed by atoms with van der Waals surface area (Å²) in [6, 6.07) is 5.83. The zero-order valence-electron chi connectivity index (χ0n) is 11.0. The van der Waals surface area contributed by atoms with Crippen LogP contribution in [0.15, 0.2) is 27.4 Å². The van der Waals surface area contributed by atoms with Crippen LogP contribution in [0, 0.1) is 5.92 Å². The fourth-order valence-corrected chi connectivity index (χ4v) is 3.11. The lowest BCUT2D eigenvalue weighted by Crippen LogP contribution is -2.21. The molecule has 102 valence electrons. The van der Waals surface area contributed by atoms with Gasteiger partial charge in [-0.05, 0) is 36.5 Å². The summed E-state index contributed by atoms with van der Waals surface area (Å²) in [7, 11) is 0. The third-order valence-corrected chi connectivity index (χ3v) is 4.24. The largest absolute Gasteiger partial charge is 0.417 e. The van der Waals surface area contributed by atoms with Gasteiger partial charge in [-0.3, -0.25) is 4.98 Å². The van der Waals surface area contributed by atoms with Crippen LogP contribution in [0.5, 0.6) is 0 Å². The summed E-state index contributed by atoms with van der Waals surface area (Å²) >= 11 is 0. The van der Waals surface area contributed by atoms with Crippen LogP contribution in [-0.4, -0.2) is 4.98 Å². The van der Waals surface area contributed by atoms with Gasteiger partial charge in [0, 0.05) is 6.04 Å². The summed E-state index contributed by atoms with van der Waals surface area (Å²) in [5, 5.41) is 0. The molecule has 4 nitrogen and oxygen atoms in total. The lowest BCUT2D eigenvalue weighted by Gasteiger charge is -2.22. The molecule has 1 saturated carbocycles. The van der Waals surface area contributed by atoms with E-state index in [-0.39, 0.29) is 6.04 Å². The molecule has 1 heterocycles. The van der Waals surface area contributed by atoms with Gasteiger partial charge in [0.05, 0.1) is 5.52 Å². The molecule has 1 aliphatic rings. The van der Waals surface area contributed by atoms with Gasteiger partial charge < -0.3 is 10.2 Å². The second kappa shape index (κ2) is 5.21. The fraction of sp³-hybridized carbons (Fsp3) is 0.533. The summed E-state index contributed by atoms with van der Waals surface area (Å²) in [5.41, 5.74) is 8.82. The van der Waals surface area contributed by atoms with E-state index in [9.17, 15) is 4.79 Å². The Morgan fingerprint density at radius 3 is 2.68 bits per heavy atom. The molecule has 0 radical (unpaired) electrons. The van der Waals surface area contributed by atoms with Crippen molar-refractivity contribution in [1.29, 1.82) is 0 Å². The SMILES string of the molecule is NC(c1ccc2[nH]c(=O)oc2c1)C1CCCCCC1. The lowest BCUT2D eigenvalue weighted by atomic mass is 9.88. The molecule has 0 amide bonds. The van der Waals surface area contributed by atoms with Gasteiger partial charge in [-0.2, -0.15) is 0 Å². The second-order valence-electron chi connectivity index (χ2n) is 5.55. The Bertz CT molecular complexity index is 606. The summed E-state index contributed by atoms with van der Waals surface area (Å²) in [5.74, 6) is 0.140. The lowest BCUT2D eigenvalue weighted by molar-refractivity contribution is 0.382. The smallest absolute Gasteiger partial charge is 0.408 e. The Balaban J connectivity index is 1.87. The van der Waals surface area contributed by atoms with Crippen molar-refractivity contribution in [2.45, 2.75) is 44.6 Å². The summed E-state index contributed by atoms with van der Waals surface area (Å²) in [4.78, 5) is 13.8. The Morgan fingerprint density at radius 2 is 1.95 bits per heavy atom. The molecule has 1 aliphatic carbocycles. The first-order valence-corrected chi connectivity index (χ1v) is 7.12. The molecular weight excluding hydrogens is 240 g/mol. The zero-order chi connectivity index (χ0) is 13.2. The van der Waals surface area contributed by atoms with Crippen LogP contribution in [0.3, 0.4) is 0 Å². The monoisotopic (exact) mass is 260 g/mol. The highest BCUT2D eigenvalue weighted by atomic mass is 16.4. The van der Waals surface area contributed by atoms with Crippen molar-refractivity contribution in [2.75, 3.05) is 0 Å². The van der Waals surface area contributed by atoms with E-state index in [1.54, 1.807) is 0 Å². The van der Waals surface area contributed by atoms with E-state index < -0.39 is 5.76 Å². The van der Waals surface area contributed by atoms with Gasteiger partial charge in [-0.1, -0.05) is 31.7 Å². The molecule has 1 unspecified atom stereocenters. The first-order chi connectivity index (χ1) is 9.24. The fourth-order valence-electron chi connectivity index (χ4n) is 3.11. The van der Waals surface area contributed by atoms with Gasteiger partial charge in [0.1, 0.15) is 0 Å². The molecule has 19 heavy (non-hydrogen) atoms. The molecule has 0 aliphatic heterocycles. The number of benzene rings is 1. The summed E-state index contributed by atoms with van der Waals surface area (Å²) in [6.45, 7) is 0. The Morgan fingerprint density at radius 1 is 1.21 bits per heavy atom. The number of nitrogens with one attached hydrogen (secondary N) is 1. The van der Waals surface area contributed by atoms with Gasteiger partial charge in [0.15, 0.2) is 5.58 Å². The van der Waals surface area contributed by atoms with Crippen molar-refractivity contribution in [3.8, 4) is 0 Å². The normalized spacial score (nSPS) is 19.4. The van der Waals surface area contributed by atoms with Crippen LogP contribution in [0.25, 0.3) is 11.1 Å². The minimum Gasteiger partial charge on any atom is -0.408 e. The Labute approximate surface area is 112 Å². The molecule has 0 spiro atoms. The third-order valence-electron chi connectivity index (χ3n) is 4.24. The number of hydrogen-bond acceptors (Lipinski definition) is 3. The highest BCUT2D eigenvalue weighted by Crippen LogP contribution is 2.32. The average molecular weight is 260 g/mol. The van der Waals surface area contributed by atoms with E-state index in [0.717, 1.165) is 11.1 Å².